The molecule has 1 heterocycles. The number of amides is 1. The first-order valence-corrected chi connectivity index (χ1v) is 6.85. The van der Waals surface area contributed by atoms with E-state index in [1.54, 1.807) is 12.1 Å². The second-order valence-corrected chi connectivity index (χ2v) is 4.82. The van der Waals surface area contributed by atoms with Gasteiger partial charge in [0, 0.05) is 6.54 Å². The van der Waals surface area contributed by atoms with Gasteiger partial charge in [0.1, 0.15) is 18.1 Å². The summed E-state index contributed by atoms with van der Waals surface area (Å²) in [4.78, 5) is 11.6. The largest absolute Gasteiger partial charge is 0.484 e. The Labute approximate surface area is 124 Å². The molecule has 2 aromatic rings. The summed E-state index contributed by atoms with van der Waals surface area (Å²) in [5.74, 6) is 1.10. The van der Waals surface area contributed by atoms with Crippen molar-refractivity contribution >= 4 is 21.8 Å². The summed E-state index contributed by atoms with van der Waals surface area (Å²) < 4.78 is 11.8. The Morgan fingerprint density at radius 2 is 2.10 bits per heavy atom. The fourth-order valence-corrected chi connectivity index (χ4v) is 1.94. The number of furan rings is 1. The summed E-state index contributed by atoms with van der Waals surface area (Å²) in [7, 11) is 0. The zero-order chi connectivity index (χ0) is 14.4. The molecule has 0 saturated carbocycles. The van der Waals surface area contributed by atoms with Crippen molar-refractivity contribution < 1.29 is 19.1 Å². The predicted octanol–water partition coefficient (Wildman–Crippen LogP) is 2.34. The maximum absolute atomic E-state index is 11.6. The lowest BCUT2D eigenvalue weighted by Gasteiger charge is -2.05. The number of hydrogen-bond donors (Lipinski definition) is 2. The standard InChI is InChI=1S/C14H14BrNO4/c15-11-3-1-2-4-12(11)19-9-10-5-6-13(20-10)14(18)16-7-8-17/h1-6,17H,7-9H2,(H,16,18). The Bertz CT molecular complexity index is 582. The van der Waals surface area contributed by atoms with Crippen LogP contribution in [0.5, 0.6) is 5.75 Å². The fourth-order valence-electron chi connectivity index (χ4n) is 1.54. The van der Waals surface area contributed by atoms with Crippen LogP contribution < -0.4 is 10.1 Å². The second kappa shape index (κ2) is 7.12. The highest BCUT2D eigenvalue weighted by molar-refractivity contribution is 9.10. The maximum Gasteiger partial charge on any atom is 0.287 e. The first-order valence-electron chi connectivity index (χ1n) is 6.06. The zero-order valence-corrected chi connectivity index (χ0v) is 12.2. The van der Waals surface area contributed by atoms with Gasteiger partial charge in [-0.05, 0) is 40.2 Å². The van der Waals surface area contributed by atoms with Crippen LogP contribution in [0.2, 0.25) is 0 Å². The number of para-hydroxylation sites is 1. The Balaban J connectivity index is 1.93. The lowest BCUT2D eigenvalue weighted by atomic mass is 10.3. The number of aliphatic hydroxyl groups excluding tert-OH is 1. The van der Waals surface area contributed by atoms with Gasteiger partial charge in [-0.25, -0.2) is 0 Å². The molecule has 1 aromatic heterocycles. The van der Waals surface area contributed by atoms with Crippen molar-refractivity contribution in [2.24, 2.45) is 0 Å². The van der Waals surface area contributed by atoms with Crippen LogP contribution >= 0.6 is 15.9 Å². The Morgan fingerprint density at radius 1 is 1.30 bits per heavy atom. The van der Waals surface area contributed by atoms with Gasteiger partial charge in [-0.2, -0.15) is 0 Å². The van der Waals surface area contributed by atoms with Crippen LogP contribution in [0.4, 0.5) is 0 Å². The molecule has 0 aliphatic rings. The van der Waals surface area contributed by atoms with Crippen molar-refractivity contribution in [2.75, 3.05) is 13.2 Å². The minimum atomic E-state index is -0.355. The number of ether oxygens (including phenoxy) is 1. The summed E-state index contributed by atoms with van der Waals surface area (Å²) >= 11 is 3.38. The normalized spacial score (nSPS) is 10.3. The monoisotopic (exact) mass is 339 g/mol. The van der Waals surface area contributed by atoms with Gasteiger partial charge >= 0.3 is 0 Å². The molecule has 0 bridgehead atoms. The van der Waals surface area contributed by atoms with Crippen molar-refractivity contribution in [3.8, 4) is 5.75 Å². The quantitative estimate of drug-likeness (QED) is 0.847. The van der Waals surface area contributed by atoms with Crippen LogP contribution in [0.25, 0.3) is 0 Å². The molecule has 0 radical (unpaired) electrons. The minimum Gasteiger partial charge on any atom is -0.484 e. The predicted molar refractivity (Wildman–Crippen MR) is 76.6 cm³/mol. The van der Waals surface area contributed by atoms with E-state index in [0.717, 1.165) is 4.47 Å². The molecule has 0 atom stereocenters. The van der Waals surface area contributed by atoms with Crippen LogP contribution in [0.15, 0.2) is 45.3 Å². The molecule has 2 rings (SSSR count). The van der Waals surface area contributed by atoms with Crippen LogP contribution in [0.1, 0.15) is 16.3 Å². The number of carbonyl (C=O) groups is 1. The molecule has 1 amide bonds. The van der Waals surface area contributed by atoms with Gasteiger partial charge in [-0.15, -0.1) is 0 Å². The molecule has 1 aromatic carbocycles. The molecule has 0 fully saturated rings. The molecule has 5 nitrogen and oxygen atoms in total. The van der Waals surface area contributed by atoms with E-state index >= 15 is 0 Å². The number of benzene rings is 1. The molecule has 0 saturated heterocycles. The van der Waals surface area contributed by atoms with Crippen molar-refractivity contribution in [1.29, 1.82) is 0 Å². The van der Waals surface area contributed by atoms with E-state index < -0.39 is 0 Å². The van der Waals surface area contributed by atoms with Gasteiger partial charge in [0.25, 0.3) is 5.91 Å². The van der Waals surface area contributed by atoms with Gasteiger partial charge in [-0.3, -0.25) is 4.79 Å². The van der Waals surface area contributed by atoms with Crippen molar-refractivity contribution in [3.63, 3.8) is 0 Å². The molecule has 20 heavy (non-hydrogen) atoms. The van der Waals surface area contributed by atoms with E-state index in [-0.39, 0.29) is 31.4 Å². The summed E-state index contributed by atoms with van der Waals surface area (Å²) in [6.45, 7) is 0.322. The number of nitrogens with one attached hydrogen (secondary N) is 1. The summed E-state index contributed by atoms with van der Waals surface area (Å²) in [5.41, 5.74) is 0. The zero-order valence-electron chi connectivity index (χ0n) is 10.6. The molecule has 6 heteroatoms. The second-order valence-electron chi connectivity index (χ2n) is 3.96. The van der Waals surface area contributed by atoms with Crippen molar-refractivity contribution in [3.05, 3.63) is 52.4 Å². The molecular formula is C14H14BrNO4. The maximum atomic E-state index is 11.6. The molecule has 0 spiro atoms. The van der Waals surface area contributed by atoms with Crippen LogP contribution in [-0.2, 0) is 6.61 Å². The summed E-state index contributed by atoms with van der Waals surface area (Å²) in [6.07, 6.45) is 0. The lowest BCUT2D eigenvalue weighted by molar-refractivity contribution is 0.0913. The summed E-state index contributed by atoms with van der Waals surface area (Å²) in [5, 5.41) is 11.1. The van der Waals surface area contributed by atoms with Crippen molar-refractivity contribution in [2.45, 2.75) is 6.61 Å². The third kappa shape index (κ3) is 3.85. The highest BCUT2D eigenvalue weighted by Crippen LogP contribution is 2.24. The van der Waals surface area contributed by atoms with Crippen molar-refractivity contribution in [1.82, 2.24) is 5.32 Å². The highest BCUT2D eigenvalue weighted by atomic mass is 79.9. The van der Waals surface area contributed by atoms with Crippen LogP contribution in [0, 0.1) is 0 Å². The fraction of sp³-hybridized carbons (Fsp3) is 0.214. The molecule has 106 valence electrons. The van der Waals surface area contributed by atoms with E-state index in [1.165, 1.54) is 0 Å². The van der Waals surface area contributed by atoms with E-state index in [9.17, 15) is 4.79 Å². The lowest BCUT2D eigenvalue weighted by Crippen LogP contribution is -2.25. The molecule has 0 unspecified atom stereocenters. The highest BCUT2D eigenvalue weighted by Gasteiger charge is 2.11. The van der Waals surface area contributed by atoms with Gasteiger partial charge in [-0.1, -0.05) is 12.1 Å². The topological polar surface area (TPSA) is 71.7 Å². The Hall–Kier alpha value is -1.79. The number of hydrogen-bond acceptors (Lipinski definition) is 4. The Morgan fingerprint density at radius 3 is 2.85 bits per heavy atom. The number of halogens is 1. The van der Waals surface area contributed by atoms with Gasteiger partial charge in [0.15, 0.2) is 5.76 Å². The summed E-state index contributed by atoms with van der Waals surface area (Å²) in [6, 6.07) is 10.7. The molecule has 0 aliphatic heterocycles. The van der Waals surface area contributed by atoms with Crippen LogP contribution in [0.3, 0.4) is 0 Å². The average molecular weight is 340 g/mol. The van der Waals surface area contributed by atoms with Gasteiger partial charge < -0.3 is 19.6 Å². The van der Waals surface area contributed by atoms with E-state index in [2.05, 4.69) is 21.2 Å². The van der Waals surface area contributed by atoms with Gasteiger partial charge in [0.05, 0.1) is 11.1 Å². The van der Waals surface area contributed by atoms with E-state index in [0.29, 0.717) is 11.5 Å². The third-order valence-electron chi connectivity index (χ3n) is 2.49. The molecule has 2 N–H and O–H groups in total. The first-order chi connectivity index (χ1) is 9.70. The average Bonchev–Trinajstić information content (AvgIpc) is 2.93. The number of rotatable bonds is 6. The van der Waals surface area contributed by atoms with Crippen LogP contribution in [-0.4, -0.2) is 24.2 Å². The number of carbonyl (C=O) groups excluding carboxylic acids is 1. The molecule has 0 aliphatic carbocycles. The smallest absolute Gasteiger partial charge is 0.287 e. The third-order valence-corrected chi connectivity index (χ3v) is 3.14. The SMILES string of the molecule is O=C(NCCO)c1ccc(COc2ccccc2Br)o1. The number of aliphatic hydroxyl groups is 1. The minimum absolute atomic E-state index is 0.107. The van der Waals surface area contributed by atoms with E-state index in [1.807, 2.05) is 24.3 Å². The van der Waals surface area contributed by atoms with Gasteiger partial charge in [0.2, 0.25) is 0 Å². The molecular weight excluding hydrogens is 326 g/mol. The first kappa shape index (κ1) is 14.6. The van der Waals surface area contributed by atoms with E-state index in [4.69, 9.17) is 14.3 Å². The Kier molecular flexibility index (Phi) is 5.20.